The SMILES string of the molecule is [CH2]C(C)OCCc1cc(Cl)cc(Cl)c1. The van der Waals surface area contributed by atoms with Gasteiger partial charge in [0.25, 0.3) is 0 Å². The summed E-state index contributed by atoms with van der Waals surface area (Å²) in [7, 11) is 0. The van der Waals surface area contributed by atoms with Crippen molar-refractivity contribution in [3.63, 3.8) is 0 Å². The van der Waals surface area contributed by atoms with Gasteiger partial charge in [-0.1, -0.05) is 23.2 Å². The first-order chi connectivity index (χ1) is 6.58. The summed E-state index contributed by atoms with van der Waals surface area (Å²) in [6.07, 6.45) is 0.824. The molecule has 0 aliphatic heterocycles. The molecule has 1 aromatic carbocycles. The molecule has 0 spiro atoms. The van der Waals surface area contributed by atoms with Gasteiger partial charge in [-0.25, -0.2) is 0 Å². The van der Waals surface area contributed by atoms with Gasteiger partial charge in [-0.3, -0.25) is 0 Å². The van der Waals surface area contributed by atoms with Crippen LogP contribution in [0.2, 0.25) is 10.0 Å². The molecule has 0 saturated carbocycles. The molecular weight excluding hydrogens is 219 g/mol. The van der Waals surface area contributed by atoms with Crippen molar-refractivity contribution in [1.29, 1.82) is 0 Å². The quantitative estimate of drug-likeness (QED) is 0.767. The Labute approximate surface area is 95.0 Å². The molecule has 0 bridgehead atoms. The van der Waals surface area contributed by atoms with Crippen LogP contribution in [0.1, 0.15) is 12.5 Å². The van der Waals surface area contributed by atoms with Crippen molar-refractivity contribution in [1.82, 2.24) is 0 Å². The lowest BCUT2D eigenvalue weighted by atomic mass is 10.2. The van der Waals surface area contributed by atoms with Crippen molar-refractivity contribution in [3.8, 4) is 0 Å². The average molecular weight is 232 g/mol. The summed E-state index contributed by atoms with van der Waals surface area (Å²) in [6.45, 7) is 6.28. The molecule has 0 aliphatic rings. The molecule has 1 aromatic rings. The van der Waals surface area contributed by atoms with Crippen LogP contribution in [0.5, 0.6) is 0 Å². The first-order valence-electron chi connectivity index (χ1n) is 4.47. The first-order valence-corrected chi connectivity index (χ1v) is 5.23. The minimum absolute atomic E-state index is 0.0182. The highest BCUT2D eigenvalue weighted by Crippen LogP contribution is 2.19. The number of benzene rings is 1. The maximum Gasteiger partial charge on any atom is 0.0548 e. The third-order valence-electron chi connectivity index (χ3n) is 1.72. The standard InChI is InChI=1S/C11H13Cl2O/c1-8(2)14-4-3-9-5-10(12)7-11(13)6-9/h5-8H,1,3-4H2,2H3. The maximum absolute atomic E-state index is 5.85. The van der Waals surface area contributed by atoms with Gasteiger partial charge < -0.3 is 4.74 Å². The Morgan fingerprint density at radius 3 is 2.36 bits per heavy atom. The zero-order valence-corrected chi connectivity index (χ0v) is 9.61. The van der Waals surface area contributed by atoms with Crippen molar-refractivity contribution in [3.05, 3.63) is 40.7 Å². The van der Waals surface area contributed by atoms with E-state index in [1.165, 1.54) is 0 Å². The Morgan fingerprint density at radius 1 is 1.29 bits per heavy atom. The maximum atomic E-state index is 5.85. The lowest BCUT2D eigenvalue weighted by Crippen LogP contribution is -2.06. The third kappa shape index (κ3) is 4.32. The fourth-order valence-electron chi connectivity index (χ4n) is 1.13. The zero-order valence-electron chi connectivity index (χ0n) is 8.09. The van der Waals surface area contributed by atoms with Crippen molar-refractivity contribution in [2.24, 2.45) is 0 Å². The Hall–Kier alpha value is -0.240. The van der Waals surface area contributed by atoms with Gasteiger partial charge in [-0.2, -0.15) is 0 Å². The van der Waals surface area contributed by atoms with Gasteiger partial charge >= 0.3 is 0 Å². The van der Waals surface area contributed by atoms with Crippen molar-refractivity contribution < 1.29 is 4.74 Å². The summed E-state index contributed by atoms with van der Waals surface area (Å²) in [6, 6.07) is 5.51. The second-order valence-electron chi connectivity index (χ2n) is 3.21. The van der Waals surface area contributed by atoms with E-state index in [2.05, 4.69) is 6.92 Å². The fraction of sp³-hybridized carbons (Fsp3) is 0.364. The summed E-state index contributed by atoms with van der Waals surface area (Å²) in [4.78, 5) is 0. The number of hydrogen-bond donors (Lipinski definition) is 0. The Kier molecular flexibility index (Phi) is 4.73. The molecule has 0 saturated heterocycles. The van der Waals surface area contributed by atoms with Crippen LogP contribution < -0.4 is 0 Å². The van der Waals surface area contributed by atoms with E-state index in [9.17, 15) is 0 Å². The van der Waals surface area contributed by atoms with Crippen molar-refractivity contribution in [2.45, 2.75) is 19.4 Å². The lowest BCUT2D eigenvalue weighted by molar-refractivity contribution is 0.0983. The second-order valence-corrected chi connectivity index (χ2v) is 4.08. The van der Waals surface area contributed by atoms with E-state index in [-0.39, 0.29) is 6.10 Å². The topological polar surface area (TPSA) is 9.23 Å². The molecule has 1 radical (unpaired) electrons. The first kappa shape index (κ1) is 11.8. The van der Waals surface area contributed by atoms with Crippen LogP contribution in [0.15, 0.2) is 18.2 Å². The molecule has 14 heavy (non-hydrogen) atoms. The van der Waals surface area contributed by atoms with Gasteiger partial charge in [0.05, 0.1) is 12.7 Å². The second kappa shape index (κ2) is 5.59. The van der Waals surface area contributed by atoms with Crippen LogP contribution in [0, 0.1) is 6.92 Å². The number of halogens is 2. The third-order valence-corrected chi connectivity index (χ3v) is 2.15. The molecule has 1 atom stereocenters. The van der Waals surface area contributed by atoms with Crippen molar-refractivity contribution >= 4 is 23.2 Å². The largest absolute Gasteiger partial charge is 0.378 e. The molecule has 3 heteroatoms. The van der Waals surface area contributed by atoms with Gasteiger partial charge in [-0.05, 0) is 44.0 Å². The van der Waals surface area contributed by atoms with Gasteiger partial charge in [0, 0.05) is 10.0 Å². The summed E-state index contributed by atoms with van der Waals surface area (Å²) < 4.78 is 5.33. The molecule has 0 fully saturated rings. The number of rotatable bonds is 4. The van der Waals surface area contributed by atoms with Gasteiger partial charge in [0.1, 0.15) is 0 Å². The molecule has 0 aliphatic carbocycles. The minimum Gasteiger partial charge on any atom is -0.378 e. The van der Waals surface area contributed by atoms with Gasteiger partial charge in [-0.15, -0.1) is 0 Å². The molecule has 0 amide bonds. The fourth-order valence-corrected chi connectivity index (χ4v) is 1.70. The molecule has 0 heterocycles. The summed E-state index contributed by atoms with van der Waals surface area (Å²) in [5.74, 6) is 0. The molecule has 0 N–H and O–H groups in total. The minimum atomic E-state index is 0.0182. The van der Waals surface area contributed by atoms with Crippen LogP contribution in [0.3, 0.4) is 0 Å². The van der Waals surface area contributed by atoms with Gasteiger partial charge in [0.2, 0.25) is 0 Å². The zero-order chi connectivity index (χ0) is 10.6. The highest BCUT2D eigenvalue weighted by molar-refractivity contribution is 6.34. The molecule has 1 unspecified atom stereocenters. The van der Waals surface area contributed by atoms with E-state index >= 15 is 0 Å². The molecule has 1 nitrogen and oxygen atoms in total. The van der Waals surface area contributed by atoms with Crippen LogP contribution >= 0.6 is 23.2 Å². The van der Waals surface area contributed by atoms with Crippen molar-refractivity contribution in [2.75, 3.05) is 6.61 Å². The Balaban J connectivity index is 2.50. The molecule has 0 aromatic heterocycles. The molecule has 77 valence electrons. The van der Waals surface area contributed by atoms with Crippen LogP contribution in [0.4, 0.5) is 0 Å². The van der Waals surface area contributed by atoms with E-state index in [0.29, 0.717) is 16.7 Å². The lowest BCUT2D eigenvalue weighted by Gasteiger charge is -2.07. The number of hydrogen-bond acceptors (Lipinski definition) is 1. The highest BCUT2D eigenvalue weighted by Gasteiger charge is 1.99. The van der Waals surface area contributed by atoms with Gasteiger partial charge in [0.15, 0.2) is 0 Å². The van der Waals surface area contributed by atoms with Crippen LogP contribution in [-0.4, -0.2) is 12.7 Å². The number of ether oxygens (including phenoxy) is 1. The molecular formula is C11H13Cl2O. The predicted octanol–water partition coefficient (Wildman–Crippen LogP) is 3.78. The average Bonchev–Trinajstić information content (AvgIpc) is 2.01. The van der Waals surface area contributed by atoms with E-state index in [1.54, 1.807) is 6.07 Å². The molecule has 1 rings (SSSR count). The van der Waals surface area contributed by atoms with E-state index in [4.69, 9.17) is 27.9 Å². The normalized spacial score (nSPS) is 10.9. The summed E-state index contributed by atoms with van der Waals surface area (Å²) in [5.41, 5.74) is 1.09. The van der Waals surface area contributed by atoms with E-state index in [1.807, 2.05) is 19.1 Å². The van der Waals surface area contributed by atoms with E-state index < -0.39 is 0 Å². The van der Waals surface area contributed by atoms with Crippen LogP contribution in [-0.2, 0) is 11.2 Å². The highest BCUT2D eigenvalue weighted by atomic mass is 35.5. The summed E-state index contributed by atoms with van der Waals surface area (Å²) in [5, 5.41) is 1.32. The predicted molar refractivity (Wildman–Crippen MR) is 60.9 cm³/mol. The smallest absolute Gasteiger partial charge is 0.0548 e. The van der Waals surface area contributed by atoms with Crippen LogP contribution in [0.25, 0.3) is 0 Å². The summed E-state index contributed by atoms with van der Waals surface area (Å²) >= 11 is 11.7. The Bertz CT molecular complexity index is 277. The Morgan fingerprint density at radius 2 is 1.86 bits per heavy atom. The van der Waals surface area contributed by atoms with E-state index in [0.717, 1.165) is 12.0 Å². The monoisotopic (exact) mass is 231 g/mol.